The Balaban J connectivity index is 2.12. The van der Waals surface area contributed by atoms with Crippen molar-refractivity contribution >= 4 is 15.9 Å². The normalized spacial score (nSPS) is 9.95. The average Bonchev–Trinajstić information content (AvgIpc) is 2.46. The molecule has 19 heavy (non-hydrogen) atoms. The van der Waals surface area contributed by atoms with Gasteiger partial charge in [0.05, 0.1) is 16.1 Å². The Morgan fingerprint density at radius 2 is 1.89 bits per heavy atom. The highest BCUT2D eigenvalue weighted by Gasteiger charge is 2.07. The van der Waals surface area contributed by atoms with Crippen LogP contribution in [0.5, 0.6) is 5.75 Å². The minimum Gasteiger partial charge on any atom is -0.487 e. The highest BCUT2D eigenvalue weighted by atomic mass is 79.9. The molecule has 0 saturated heterocycles. The van der Waals surface area contributed by atoms with Gasteiger partial charge in [-0.3, -0.25) is 0 Å². The van der Waals surface area contributed by atoms with Crippen molar-refractivity contribution in [1.29, 1.82) is 5.26 Å². The number of nitrogens with zero attached hydrogens (tertiary/aromatic N) is 1. The second-order valence-corrected chi connectivity index (χ2v) is 4.88. The summed E-state index contributed by atoms with van der Waals surface area (Å²) in [5.41, 5.74) is 8.31. The third kappa shape index (κ3) is 3.34. The van der Waals surface area contributed by atoms with E-state index < -0.39 is 0 Å². The highest BCUT2D eigenvalue weighted by Crippen LogP contribution is 2.29. The van der Waals surface area contributed by atoms with Crippen LogP contribution < -0.4 is 10.5 Å². The number of halogens is 1. The Labute approximate surface area is 120 Å². The van der Waals surface area contributed by atoms with Gasteiger partial charge in [0.25, 0.3) is 0 Å². The minimum absolute atomic E-state index is 0.433. The summed E-state index contributed by atoms with van der Waals surface area (Å²) >= 11 is 3.46. The molecule has 0 atom stereocenters. The molecule has 0 amide bonds. The van der Waals surface area contributed by atoms with Crippen LogP contribution in [0.4, 0.5) is 0 Å². The fourth-order valence-corrected chi connectivity index (χ4v) is 2.23. The van der Waals surface area contributed by atoms with Gasteiger partial charge in [-0.1, -0.05) is 24.3 Å². The third-order valence-electron chi connectivity index (χ3n) is 2.73. The summed E-state index contributed by atoms with van der Waals surface area (Å²) in [5, 5.41) is 8.74. The summed E-state index contributed by atoms with van der Waals surface area (Å²) in [7, 11) is 0. The van der Waals surface area contributed by atoms with E-state index in [4.69, 9.17) is 15.7 Å². The van der Waals surface area contributed by atoms with Crippen molar-refractivity contribution in [2.24, 2.45) is 5.73 Å². The highest BCUT2D eigenvalue weighted by molar-refractivity contribution is 9.10. The van der Waals surface area contributed by atoms with Crippen LogP contribution in [0.15, 0.2) is 46.9 Å². The van der Waals surface area contributed by atoms with Gasteiger partial charge in [0.2, 0.25) is 0 Å². The van der Waals surface area contributed by atoms with E-state index in [1.165, 1.54) is 0 Å². The van der Waals surface area contributed by atoms with Gasteiger partial charge in [-0.05, 0) is 39.7 Å². The quantitative estimate of drug-likeness (QED) is 0.940. The van der Waals surface area contributed by atoms with Crippen molar-refractivity contribution in [3.8, 4) is 11.8 Å². The Morgan fingerprint density at radius 3 is 2.53 bits per heavy atom. The van der Waals surface area contributed by atoms with Gasteiger partial charge in [0.1, 0.15) is 12.4 Å². The van der Waals surface area contributed by atoms with Crippen LogP contribution in [0.2, 0.25) is 0 Å². The molecule has 0 fully saturated rings. The van der Waals surface area contributed by atoms with Crippen LogP contribution in [0.3, 0.4) is 0 Å². The SMILES string of the molecule is N#Cc1ccc(COc2c(Br)cccc2CN)cc1. The van der Waals surface area contributed by atoms with Crippen LogP contribution in [0, 0.1) is 11.3 Å². The van der Waals surface area contributed by atoms with Gasteiger partial charge in [-0.15, -0.1) is 0 Å². The van der Waals surface area contributed by atoms with E-state index in [0.717, 1.165) is 21.3 Å². The maximum absolute atomic E-state index is 8.74. The molecule has 0 heterocycles. The van der Waals surface area contributed by atoms with Crippen molar-refractivity contribution in [2.75, 3.05) is 0 Å². The summed E-state index contributed by atoms with van der Waals surface area (Å²) < 4.78 is 6.70. The number of hydrogen-bond donors (Lipinski definition) is 1. The molecule has 2 N–H and O–H groups in total. The number of hydrogen-bond acceptors (Lipinski definition) is 3. The van der Waals surface area contributed by atoms with Crippen LogP contribution in [0.25, 0.3) is 0 Å². The van der Waals surface area contributed by atoms with Gasteiger partial charge in [0.15, 0.2) is 0 Å². The maximum atomic E-state index is 8.74. The topological polar surface area (TPSA) is 59.0 Å². The summed E-state index contributed by atoms with van der Waals surface area (Å²) in [4.78, 5) is 0. The first kappa shape index (κ1) is 13.6. The molecule has 2 rings (SSSR count). The van der Waals surface area contributed by atoms with Crippen LogP contribution in [0.1, 0.15) is 16.7 Å². The molecule has 0 aromatic heterocycles. The molecular weight excluding hydrogens is 304 g/mol. The van der Waals surface area contributed by atoms with Crippen LogP contribution in [-0.2, 0) is 13.2 Å². The van der Waals surface area contributed by atoms with Crippen molar-refractivity contribution in [3.05, 3.63) is 63.6 Å². The molecule has 0 spiro atoms. The number of rotatable bonds is 4. The first-order chi connectivity index (χ1) is 9.24. The minimum atomic E-state index is 0.433. The number of nitrogens with two attached hydrogens (primary N) is 1. The molecule has 2 aromatic carbocycles. The van der Waals surface area contributed by atoms with E-state index in [1.54, 1.807) is 12.1 Å². The fraction of sp³-hybridized carbons (Fsp3) is 0.133. The first-order valence-electron chi connectivity index (χ1n) is 5.84. The molecule has 2 aromatic rings. The summed E-state index contributed by atoms with van der Waals surface area (Å²) in [5.74, 6) is 0.773. The van der Waals surface area contributed by atoms with Gasteiger partial charge in [-0.25, -0.2) is 0 Å². The van der Waals surface area contributed by atoms with Crippen molar-refractivity contribution in [1.82, 2.24) is 0 Å². The second-order valence-electron chi connectivity index (χ2n) is 4.03. The average molecular weight is 317 g/mol. The van der Waals surface area contributed by atoms with Crippen LogP contribution >= 0.6 is 15.9 Å². The molecule has 96 valence electrons. The van der Waals surface area contributed by atoms with E-state index in [2.05, 4.69) is 22.0 Å². The Bertz CT molecular complexity index is 603. The lowest BCUT2D eigenvalue weighted by Gasteiger charge is -2.12. The molecule has 0 aliphatic rings. The molecule has 0 aliphatic heterocycles. The zero-order valence-corrected chi connectivity index (χ0v) is 11.9. The molecule has 0 unspecified atom stereocenters. The predicted molar refractivity (Wildman–Crippen MR) is 77.5 cm³/mol. The summed E-state index contributed by atoms with van der Waals surface area (Å²) in [6.07, 6.45) is 0. The summed E-state index contributed by atoms with van der Waals surface area (Å²) in [6.45, 7) is 0.878. The van der Waals surface area contributed by atoms with Gasteiger partial charge in [0, 0.05) is 12.1 Å². The predicted octanol–water partition coefficient (Wildman–Crippen LogP) is 3.36. The van der Waals surface area contributed by atoms with E-state index in [-0.39, 0.29) is 0 Å². The number of nitriles is 1. The molecular formula is C15H13BrN2O. The van der Waals surface area contributed by atoms with Crippen LogP contribution in [-0.4, -0.2) is 0 Å². The number of benzene rings is 2. The number of para-hydroxylation sites is 1. The Morgan fingerprint density at radius 1 is 1.16 bits per heavy atom. The lowest BCUT2D eigenvalue weighted by Crippen LogP contribution is -2.03. The zero-order chi connectivity index (χ0) is 13.7. The Hall–Kier alpha value is -1.83. The molecule has 0 aliphatic carbocycles. The van der Waals surface area contributed by atoms with Gasteiger partial charge in [-0.2, -0.15) is 5.26 Å². The van der Waals surface area contributed by atoms with Crippen molar-refractivity contribution in [3.63, 3.8) is 0 Å². The maximum Gasteiger partial charge on any atom is 0.138 e. The molecule has 0 bridgehead atoms. The number of ether oxygens (including phenoxy) is 1. The second kappa shape index (κ2) is 6.37. The first-order valence-corrected chi connectivity index (χ1v) is 6.63. The lowest BCUT2D eigenvalue weighted by molar-refractivity contribution is 0.301. The zero-order valence-electron chi connectivity index (χ0n) is 10.3. The van der Waals surface area contributed by atoms with Crippen molar-refractivity contribution in [2.45, 2.75) is 13.2 Å². The standard InChI is InChI=1S/C15H13BrN2O/c16-14-3-1-2-13(9-18)15(14)19-10-12-6-4-11(8-17)5-7-12/h1-7H,9-10,18H2. The molecule has 3 nitrogen and oxygen atoms in total. The van der Waals surface area contributed by atoms with E-state index in [0.29, 0.717) is 18.7 Å². The largest absolute Gasteiger partial charge is 0.487 e. The monoisotopic (exact) mass is 316 g/mol. The molecule has 0 saturated carbocycles. The van der Waals surface area contributed by atoms with E-state index in [1.807, 2.05) is 30.3 Å². The van der Waals surface area contributed by atoms with E-state index >= 15 is 0 Å². The van der Waals surface area contributed by atoms with E-state index in [9.17, 15) is 0 Å². The molecule has 4 heteroatoms. The van der Waals surface area contributed by atoms with Gasteiger partial charge >= 0.3 is 0 Å². The Kier molecular flexibility index (Phi) is 4.56. The lowest BCUT2D eigenvalue weighted by atomic mass is 10.1. The fourth-order valence-electron chi connectivity index (χ4n) is 1.71. The van der Waals surface area contributed by atoms with Gasteiger partial charge < -0.3 is 10.5 Å². The molecule has 0 radical (unpaired) electrons. The smallest absolute Gasteiger partial charge is 0.138 e. The third-order valence-corrected chi connectivity index (χ3v) is 3.36. The van der Waals surface area contributed by atoms with Crippen molar-refractivity contribution < 1.29 is 4.74 Å². The summed E-state index contributed by atoms with van der Waals surface area (Å²) in [6, 6.07) is 15.2.